The van der Waals surface area contributed by atoms with Crippen LogP contribution in [0.2, 0.25) is 0 Å². The molecule has 2 aromatic carbocycles. The van der Waals surface area contributed by atoms with E-state index in [1.54, 1.807) is 49.6 Å². The number of rotatable bonds is 16. The second-order valence-electron chi connectivity index (χ2n) is 12.4. The number of pyridine rings is 2. The summed E-state index contributed by atoms with van der Waals surface area (Å²) in [5.41, 5.74) is 6.57. The molecule has 0 saturated carbocycles. The lowest BCUT2D eigenvalue weighted by molar-refractivity contribution is 0.0931. The topological polar surface area (TPSA) is 209 Å². The Morgan fingerprint density at radius 3 is 1.67 bits per heavy atom. The summed E-state index contributed by atoms with van der Waals surface area (Å²) in [6.07, 6.45) is 4.31. The van der Waals surface area contributed by atoms with Gasteiger partial charge in [0.15, 0.2) is 0 Å². The van der Waals surface area contributed by atoms with Crippen LogP contribution in [-0.2, 0) is 0 Å². The Balaban J connectivity index is 0.960. The number of aromatic nitrogens is 6. The van der Waals surface area contributed by atoms with E-state index in [0.717, 1.165) is 16.7 Å². The van der Waals surface area contributed by atoms with E-state index in [-0.39, 0.29) is 35.1 Å². The van der Waals surface area contributed by atoms with Crippen molar-refractivity contribution < 1.29 is 23.9 Å². The normalized spacial score (nSPS) is 10.7. The molecule has 0 radical (unpaired) electrons. The molecule has 0 spiro atoms. The Bertz CT molecular complexity index is 2270. The van der Waals surface area contributed by atoms with E-state index in [4.69, 9.17) is 4.74 Å². The van der Waals surface area contributed by atoms with Gasteiger partial charge >= 0.3 is 0 Å². The van der Waals surface area contributed by atoms with Crippen molar-refractivity contribution in [2.75, 3.05) is 33.3 Å². The highest BCUT2D eigenvalue weighted by molar-refractivity contribution is 5.98. The predicted octanol–water partition coefficient (Wildman–Crippen LogP) is 4.34. The minimum Gasteiger partial charge on any atom is -0.480 e. The number of hydrogen-bond acceptors (Lipinski definition) is 9. The lowest BCUT2D eigenvalue weighted by Gasteiger charge is -2.11. The molecule has 6 N–H and O–H groups in total. The van der Waals surface area contributed by atoms with Crippen LogP contribution in [0.3, 0.4) is 0 Å². The van der Waals surface area contributed by atoms with Crippen molar-refractivity contribution in [1.82, 2.24) is 51.6 Å². The molecule has 15 nitrogen and oxygen atoms in total. The van der Waals surface area contributed by atoms with Crippen molar-refractivity contribution in [3.63, 3.8) is 0 Å². The van der Waals surface area contributed by atoms with Gasteiger partial charge in [0.1, 0.15) is 17.0 Å². The van der Waals surface area contributed by atoms with Gasteiger partial charge in [-0.25, -0.2) is 4.98 Å². The number of carbonyl (C=O) groups is 4. The first kappa shape index (κ1) is 37.6. The summed E-state index contributed by atoms with van der Waals surface area (Å²) in [7, 11) is 1.45. The fraction of sp³-hybridized carbons (Fsp3) is 0.200. The van der Waals surface area contributed by atoms with Crippen molar-refractivity contribution in [2.45, 2.75) is 19.8 Å². The monoisotopic (exact) mass is 740 g/mol. The molecule has 15 heteroatoms. The summed E-state index contributed by atoms with van der Waals surface area (Å²) < 4.78 is 5.36. The van der Waals surface area contributed by atoms with Crippen molar-refractivity contribution in [3.8, 4) is 39.5 Å². The van der Waals surface area contributed by atoms with E-state index in [0.29, 0.717) is 78.6 Å². The SMILES string of the molecule is COc1ncc(-c2ccc(-c3cc(C(=O)NCCCNC(=O)c4cccnc4C)[nH]n3)cc2)cc1C(=O)NCCCNC(=O)c1cc(-c2ccccc2)n[nH]1. The third kappa shape index (κ3) is 9.64. The van der Waals surface area contributed by atoms with E-state index < -0.39 is 0 Å². The number of ether oxygens (including phenoxy) is 1. The summed E-state index contributed by atoms with van der Waals surface area (Å²) in [5, 5.41) is 25.4. The molecule has 0 bridgehead atoms. The maximum Gasteiger partial charge on any atom is 0.269 e. The number of H-pyrrole nitrogens is 2. The molecule has 0 fully saturated rings. The van der Waals surface area contributed by atoms with Gasteiger partial charge in [-0.2, -0.15) is 10.2 Å². The van der Waals surface area contributed by atoms with Crippen LogP contribution in [0.5, 0.6) is 5.88 Å². The van der Waals surface area contributed by atoms with Crippen LogP contribution in [0, 0.1) is 6.92 Å². The number of methoxy groups -OCH3 is 1. The Hall–Kier alpha value is -7.16. The Kier molecular flexibility index (Phi) is 12.3. The average molecular weight is 741 g/mol. The van der Waals surface area contributed by atoms with Gasteiger partial charge in [-0.3, -0.25) is 34.4 Å². The van der Waals surface area contributed by atoms with Crippen LogP contribution in [0.15, 0.2) is 97.3 Å². The van der Waals surface area contributed by atoms with E-state index in [1.807, 2.05) is 54.6 Å². The predicted molar refractivity (Wildman–Crippen MR) is 205 cm³/mol. The van der Waals surface area contributed by atoms with Crippen LogP contribution < -0.4 is 26.0 Å². The quantitative estimate of drug-likeness (QED) is 0.0779. The summed E-state index contributed by atoms with van der Waals surface area (Å²) in [5.74, 6) is -0.969. The third-order valence-corrected chi connectivity index (χ3v) is 8.62. The van der Waals surface area contributed by atoms with Gasteiger partial charge in [0.25, 0.3) is 23.6 Å². The van der Waals surface area contributed by atoms with Crippen molar-refractivity contribution >= 4 is 23.6 Å². The molecule has 0 unspecified atom stereocenters. The van der Waals surface area contributed by atoms with Crippen LogP contribution in [0.1, 0.15) is 60.2 Å². The van der Waals surface area contributed by atoms with E-state index in [2.05, 4.69) is 51.6 Å². The molecule has 4 amide bonds. The van der Waals surface area contributed by atoms with Gasteiger partial charge in [0.05, 0.1) is 24.1 Å². The summed E-state index contributed by atoms with van der Waals surface area (Å²) >= 11 is 0. The lowest BCUT2D eigenvalue weighted by atomic mass is 10.0. The summed E-state index contributed by atoms with van der Waals surface area (Å²) in [6, 6.07) is 25.6. The maximum absolute atomic E-state index is 13.2. The number of nitrogens with zero attached hydrogens (tertiary/aromatic N) is 4. The highest BCUT2D eigenvalue weighted by atomic mass is 16.5. The number of aryl methyl sites for hydroxylation is 1. The first-order valence-electron chi connectivity index (χ1n) is 17.7. The zero-order valence-electron chi connectivity index (χ0n) is 30.3. The number of nitrogens with one attached hydrogen (secondary N) is 6. The molecule has 0 aliphatic carbocycles. The van der Waals surface area contributed by atoms with Gasteiger partial charge in [0, 0.05) is 61.0 Å². The van der Waals surface area contributed by atoms with Gasteiger partial charge in [-0.05, 0) is 55.7 Å². The van der Waals surface area contributed by atoms with Crippen LogP contribution in [0.4, 0.5) is 0 Å². The molecule has 4 aromatic heterocycles. The van der Waals surface area contributed by atoms with Crippen LogP contribution in [-0.4, -0.2) is 87.3 Å². The van der Waals surface area contributed by atoms with E-state index in [9.17, 15) is 19.2 Å². The molecule has 4 heterocycles. The Morgan fingerprint density at radius 2 is 1.11 bits per heavy atom. The zero-order valence-corrected chi connectivity index (χ0v) is 30.3. The van der Waals surface area contributed by atoms with E-state index in [1.165, 1.54) is 7.11 Å². The molecule has 0 atom stereocenters. The highest BCUT2D eigenvalue weighted by Gasteiger charge is 2.17. The maximum atomic E-state index is 13.2. The van der Waals surface area contributed by atoms with Crippen molar-refractivity contribution in [3.05, 3.63) is 126 Å². The summed E-state index contributed by atoms with van der Waals surface area (Å²) in [6.45, 7) is 3.20. The fourth-order valence-corrected chi connectivity index (χ4v) is 5.64. The largest absolute Gasteiger partial charge is 0.480 e. The molecule has 0 aliphatic heterocycles. The molecule has 0 saturated heterocycles. The first-order chi connectivity index (χ1) is 26.8. The molecule has 0 aliphatic rings. The Labute approximate surface area is 316 Å². The fourth-order valence-electron chi connectivity index (χ4n) is 5.64. The van der Waals surface area contributed by atoms with Gasteiger partial charge in [0.2, 0.25) is 5.88 Å². The number of aromatic amines is 2. The number of benzene rings is 2. The summed E-state index contributed by atoms with van der Waals surface area (Å²) in [4.78, 5) is 59.2. The smallest absolute Gasteiger partial charge is 0.269 e. The van der Waals surface area contributed by atoms with Gasteiger partial charge < -0.3 is 26.0 Å². The minimum absolute atomic E-state index is 0.187. The average Bonchev–Trinajstić information content (AvgIpc) is 3.93. The molecule has 6 aromatic rings. The van der Waals surface area contributed by atoms with Crippen molar-refractivity contribution in [2.24, 2.45) is 0 Å². The molecular weight excluding hydrogens is 701 g/mol. The molecule has 280 valence electrons. The van der Waals surface area contributed by atoms with Crippen LogP contribution >= 0.6 is 0 Å². The number of amides is 4. The highest BCUT2D eigenvalue weighted by Crippen LogP contribution is 2.27. The van der Waals surface area contributed by atoms with Gasteiger partial charge in [-0.15, -0.1) is 0 Å². The number of hydrogen-bond donors (Lipinski definition) is 6. The third-order valence-electron chi connectivity index (χ3n) is 8.62. The molecule has 55 heavy (non-hydrogen) atoms. The molecule has 6 rings (SSSR count). The molecular formula is C40H40N10O5. The number of carbonyl (C=O) groups excluding carboxylic acids is 4. The standard InChI is InChI=1S/C40H40N10O5/c1-25-30(11-6-16-41-25)36(51)42-17-7-19-44-39(54)35-23-33(48-50-35)28-14-12-26(13-15-28)29-21-31(40(55-2)46-24-29)37(52)43-18-8-20-45-38(53)34-22-32(47-49-34)27-9-4-3-5-10-27/h3-6,9-16,21-24H,7-8,17-20H2,1-2H3,(H,42,51)(H,43,52)(H,44,54)(H,45,53)(H,47,49)(H,48,50). The zero-order chi connectivity index (χ0) is 38.6. The Morgan fingerprint density at radius 1 is 0.582 bits per heavy atom. The first-order valence-corrected chi connectivity index (χ1v) is 17.7. The second kappa shape index (κ2) is 18.1. The lowest BCUT2D eigenvalue weighted by Crippen LogP contribution is -2.30. The van der Waals surface area contributed by atoms with Crippen molar-refractivity contribution in [1.29, 1.82) is 0 Å². The second-order valence-corrected chi connectivity index (χ2v) is 12.4. The van der Waals surface area contributed by atoms with Crippen LogP contribution in [0.25, 0.3) is 33.6 Å². The minimum atomic E-state index is -0.359. The van der Waals surface area contributed by atoms with E-state index >= 15 is 0 Å². The van der Waals surface area contributed by atoms with Gasteiger partial charge in [-0.1, -0.05) is 54.6 Å².